The first-order chi connectivity index (χ1) is 8.52. The molecular formula is C15H27BrN2. The molecule has 1 saturated carbocycles. The zero-order chi connectivity index (χ0) is 13.2. The second-order valence-electron chi connectivity index (χ2n) is 6.46. The van der Waals surface area contributed by atoms with Gasteiger partial charge in [-0.15, -0.1) is 0 Å². The second-order valence-corrected chi connectivity index (χ2v) is 7.58. The predicted octanol–water partition coefficient (Wildman–Crippen LogP) is 3.53. The Bertz CT molecular complexity index is 295. The normalized spacial score (nSPS) is 28.8. The van der Waals surface area contributed by atoms with Gasteiger partial charge in [0.25, 0.3) is 0 Å². The number of hydrogen-bond acceptors (Lipinski definition) is 2. The van der Waals surface area contributed by atoms with Crippen molar-refractivity contribution in [1.29, 1.82) is 0 Å². The molecule has 0 radical (unpaired) electrons. The first-order valence-electron chi connectivity index (χ1n) is 7.35. The fourth-order valence-electron chi connectivity index (χ4n) is 3.63. The summed E-state index contributed by atoms with van der Waals surface area (Å²) in [5, 5.41) is 3.88. The molecule has 1 N–H and O–H groups in total. The van der Waals surface area contributed by atoms with Crippen LogP contribution in [0.1, 0.15) is 46.0 Å². The molecule has 1 aliphatic carbocycles. The van der Waals surface area contributed by atoms with Crippen LogP contribution in [-0.2, 0) is 0 Å². The van der Waals surface area contributed by atoms with Crippen LogP contribution >= 0.6 is 15.9 Å². The molecule has 1 heterocycles. The van der Waals surface area contributed by atoms with Crippen molar-refractivity contribution in [2.45, 2.75) is 57.5 Å². The summed E-state index contributed by atoms with van der Waals surface area (Å²) in [6.45, 7) is 12.0. The highest BCUT2D eigenvalue weighted by Gasteiger charge is 2.40. The number of hydrogen-bond donors (Lipinski definition) is 1. The number of nitrogens with one attached hydrogen (secondary N) is 1. The van der Waals surface area contributed by atoms with Crippen molar-refractivity contribution in [2.24, 2.45) is 5.92 Å². The molecule has 2 aliphatic rings. The van der Waals surface area contributed by atoms with Gasteiger partial charge in [0.15, 0.2) is 0 Å². The molecule has 0 aromatic heterocycles. The van der Waals surface area contributed by atoms with Crippen molar-refractivity contribution in [3.8, 4) is 0 Å². The van der Waals surface area contributed by atoms with Crippen molar-refractivity contribution in [3.63, 3.8) is 0 Å². The topological polar surface area (TPSA) is 15.3 Å². The highest BCUT2D eigenvalue weighted by Crippen LogP contribution is 2.33. The Hall–Kier alpha value is 0.140. The van der Waals surface area contributed by atoms with Crippen molar-refractivity contribution in [3.05, 3.63) is 11.1 Å². The van der Waals surface area contributed by atoms with Gasteiger partial charge in [-0.3, -0.25) is 4.90 Å². The Morgan fingerprint density at radius 1 is 1.39 bits per heavy atom. The fourth-order valence-corrected chi connectivity index (χ4v) is 3.95. The van der Waals surface area contributed by atoms with Gasteiger partial charge in [0.05, 0.1) is 0 Å². The average Bonchev–Trinajstić information content (AvgIpc) is 2.28. The minimum Gasteiger partial charge on any atom is -0.308 e. The van der Waals surface area contributed by atoms with Gasteiger partial charge < -0.3 is 5.32 Å². The highest BCUT2D eigenvalue weighted by molar-refractivity contribution is 9.11. The van der Waals surface area contributed by atoms with Gasteiger partial charge in [-0.1, -0.05) is 55.6 Å². The van der Waals surface area contributed by atoms with Crippen molar-refractivity contribution in [2.75, 3.05) is 19.6 Å². The van der Waals surface area contributed by atoms with E-state index in [1.54, 1.807) is 0 Å². The van der Waals surface area contributed by atoms with E-state index in [2.05, 4.69) is 46.6 Å². The zero-order valence-electron chi connectivity index (χ0n) is 11.8. The van der Waals surface area contributed by atoms with Crippen LogP contribution in [0.4, 0.5) is 0 Å². The van der Waals surface area contributed by atoms with Crippen LogP contribution in [0.15, 0.2) is 11.1 Å². The van der Waals surface area contributed by atoms with E-state index in [-0.39, 0.29) is 0 Å². The molecule has 2 fully saturated rings. The monoisotopic (exact) mass is 314 g/mol. The first kappa shape index (κ1) is 14.5. The Balaban J connectivity index is 2.06. The van der Waals surface area contributed by atoms with E-state index in [4.69, 9.17) is 0 Å². The zero-order valence-corrected chi connectivity index (χ0v) is 13.4. The highest BCUT2D eigenvalue weighted by atomic mass is 79.9. The summed E-state index contributed by atoms with van der Waals surface area (Å²) in [7, 11) is 0. The van der Waals surface area contributed by atoms with Crippen molar-refractivity contribution in [1.82, 2.24) is 10.2 Å². The second kappa shape index (κ2) is 6.06. The Morgan fingerprint density at radius 2 is 2.06 bits per heavy atom. The minimum atomic E-state index is 0.395. The van der Waals surface area contributed by atoms with E-state index in [1.807, 2.05) is 0 Å². The molecular weight excluding hydrogens is 288 g/mol. The molecule has 0 bridgehead atoms. The molecule has 2 rings (SSSR count). The lowest BCUT2D eigenvalue weighted by molar-refractivity contribution is 0.0447. The van der Waals surface area contributed by atoms with Crippen LogP contribution in [0.25, 0.3) is 0 Å². The maximum absolute atomic E-state index is 4.03. The lowest BCUT2D eigenvalue weighted by Gasteiger charge is -2.51. The molecule has 1 aliphatic heterocycles. The molecule has 0 amide bonds. The molecule has 1 saturated heterocycles. The van der Waals surface area contributed by atoms with Crippen LogP contribution in [-0.4, -0.2) is 36.1 Å². The molecule has 1 unspecified atom stereocenters. The fraction of sp³-hybridized carbons (Fsp3) is 0.867. The number of halogens is 1. The third kappa shape index (κ3) is 3.37. The Morgan fingerprint density at radius 3 is 2.61 bits per heavy atom. The summed E-state index contributed by atoms with van der Waals surface area (Å²) in [5.41, 5.74) is 0.395. The molecule has 2 nitrogen and oxygen atoms in total. The summed E-state index contributed by atoms with van der Waals surface area (Å²) in [4.78, 5) is 2.64. The van der Waals surface area contributed by atoms with Gasteiger partial charge in [-0.05, 0) is 18.8 Å². The van der Waals surface area contributed by atoms with Crippen LogP contribution in [0, 0.1) is 5.92 Å². The lowest BCUT2D eigenvalue weighted by Crippen LogP contribution is -2.65. The van der Waals surface area contributed by atoms with Crippen LogP contribution in [0.2, 0.25) is 0 Å². The first-order valence-corrected chi connectivity index (χ1v) is 8.14. The maximum Gasteiger partial charge on any atom is 0.0309 e. The summed E-state index contributed by atoms with van der Waals surface area (Å²) >= 11 is 3.54. The molecule has 104 valence electrons. The van der Waals surface area contributed by atoms with E-state index >= 15 is 0 Å². The minimum absolute atomic E-state index is 0.395. The number of nitrogens with zero attached hydrogens (tertiary/aromatic N) is 1. The van der Waals surface area contributed by atoms with E-state index in [9.17, 15) is 0 Å². The summed E-state index contributed by atoms with van der Waals surface area (Å²) in [6, 6.07) is 0.645. The molecule has 3 heteroatoms. The quantitative estimate of drug-likeness (QED) is 0.857. The SMILES string of the molecule is C=C(Br)CN1CC2(CCCCC2)NCC1C(C)C. The molecule has 0 aromatic rings. The maximum atomic E-state index is 4.03. The molecule has 1 spiro atoms. The predicted molar refractivity (Wildman–Crippen MR) is 82.1 cm³/mol. The summed E-state index contributed by atoms with van der Waals surface area (Å²) in [5.74, 6) is 0.699. The smallest absolute Gasteiger partial charge is 0.0309 e. The Kier molecular flexibility index (Phi) is 4.90. The number of piperazine rings is 1. The summed E-state index contributed by atoms with van der Waals surface area (Å²) in [6.07, 6.45) is 6.90. The summed E-state index contributed by atoms with van der Waals surface area (Å²) < 4.78 is 1.11. The van der Waals surface area contributed by atoms with E-state index in [0.29, 0.717) is 17.5 Å². The van der Waals surface area contributed by atoms with Crippen LogP contribution in [0.3, 0.4) is 0 Å². The molecule has 0 aromatic carbocycles. The standard InChI is InChI=1S/C15H27BrN2/c1-12(2)14-9-17-15(7-5-4-6-8-15)11-18(14)10-13(3)16/h12,14,17H,3-11H2,1-2H3. The lowest BCUT2D eigenvalue weighted by atomic mass is 9.78. The average molecular weight is 315 g/mol. The van der Waals surface area contributed by atoms with E-state index < -0.39 is 0 Å². The van der Waals surface area contributed by atoms with Crippen molar-refractivity contribution < 1.29 is 0 Å². The van der Waals surface area contributed by atoms with Gasteiger partial charge in [0, 0.05) is 35.7 Å². The third-order valence-electron chi connectivity index (χ3n) is 4.62. The van der Waals surface area contributed by atoms with Gasteiger partial charge in [0.1, 0.15) is 0 Å². The van der Waals surface area contributed by atoms with Gasteiger partial charge >= 0.3 is 0 Å². The third-order valence-corrected chi connectivity index (χ3v) is 4.87. The van der Waals surface area contributed by atoms with Gasteiger partial charge in [0.2, 0.25) is 0 Å². The Labute approximate surface area is 120 Å². The van der Waals surface area contributed by atoms with Crippen LogP contribution < -0.4 is 5.32 Å². The van der Waals surface area contributed by atoms with Gasteiger partial charge in [-0.25, -0.2) is 0 Å². The van der Waals surface area contributed by atoms with Crippen molar-refractivity contribution >= 4 is 15.9 Å². The van der Waals surface area contributed by atoms with Gasteiger partial charge in [-0.2, -0.15) is 0 Å². The molecule has 18 heavy (non-hydrogen) atoms. The van der Waals surface area contributed by atoms with E-state index in [1.165, 1.54) is 38.6 Å². The molecule has 1 atom stereocenters. The number of rotatable bonds is 3. The van der Waals surface area contributed by atoms with E-state index in [0.717, 1.165) is 17.6 Å². The van der Waals surface area contributed by atoms with Crippen LogP contribution in [0.5, 0.6) is 0 Å². The largest absolute Gasteiger partial charge is 0.308 e.